The van der Waals surface area contributed by atoms with Gasteiger partial charge in [-0.3, -0.25) is 9.69 Å². The van der Waals surface area contributed by atoms with Crippen LogP contribution in [0.2, 0.25) is 0 Å². The largest absolute Gasteiger partial charge is 0.392 e. The van der Waals surface area contributed by atoms with E-state index in [-0.39, 0.29) is 24.1 Å². The number of aliphatic hydroxyl groups is 1. The van der Waals surface area contributed by atoms with Crippen molar-refractivity contribution in [1.29, 1.82) is 0 Å². The summed E-state index contributed by atoms with van der Waals surface area (Å²) in [5, 5.41) is 16.6. The molecule has 0 aromatic carbocycles. The molecule has 6 nitrogen and oxygen atoms in total. The fourth-order valence-corrected chi connectivity index (χ4v) is 2.34. The third-order valence-corrected chi connectivity index (χ3v) is 3.53. The molecule has 1 saturated heterocycles. The van der Waals surface area contributed by atoms with Crippen LogP contribution in [0.25, 0.3) is 0 Å². The third-order valence-electron chi connectivity index (χ3n) is 3.53. The van der Waals surface area contributed by atoms with Gasteiger partial charge in [0.25, 0.3) is 0 Å². The minimum atomic E-state index is -0.309. The Labute approximate surface area is 113 Å². The van der Waals surface area contributed by atoms with Crippen molar-refractivity contribution in [3.63, 3.8) is 0 Å². The van der Waals surface area contributed by atoms with Crippen molar-refractivity contribution in [3.8, 4) is 0 Å². The number of carbonyl (C=O) groups is 1. The van der Waals surface area contributed by atoms with Crippen LogP contribution >= 0.6 is 0 Å². The molecule has 6 heteroatoms. The molecule has 0 saturated carbocycles. The summed E-state index contributed by atoms with van der Waals surface area (Å²) in [6, 6.07) is 1.76. The first kappa shape index (κ1) is 14.0. The number of hydrogen-bond acceptors (Lipinski definition) is 4. The highest BCUT2D eigenvalue weighted by Crippen LogP contribution is 2.16. The Morgan fingerprint density at radius 2 is 2.26 bits per heavy atom. The van der Waals surface area contributed by atoms with Crippen LogP contribution in [0.15, 0.2) is 12.3 Å². The van der Waals surface area contributed by atoms with E-state index in [4.69, 9.17) is 0 Å². The zero-order chi connectivity index (χ0) is 14.0. The maximum atomic E-state index is 12.2. The highest BCUT2D eigenvalue weighted by atomic mass is 16.3. The van der Waals surface area contributed by atoms with E-state index in [0.29, 0.717) is 12.4 Å². The Morgan fingerprint density at radius 3 is 2.84 bits per heavy atom. The van der Waals surface area contributed by atoms with Gasteiger partial charge in [-0.15, -0.1) is 0 Å². The molecule has 2 rings (SSSR count). The first-order valence-corrected chi connectivity index (χ1v) is 6.75. The topological polar surface area (TPSA) is 70.4 Å². The van der Waals surface area contributed by atoms with Gasteiger partial charge in [0.1, 0.15) is 5.82 Å². The summed E-state index contributed by atoms with van der Waals surface area (Å²) in [6.07, 6.45) is 2.11. The van der Waals surface area contributed by atoms with E-state index in [1.54, 1.807) is 16.9 Å². The van der Waals surface area contributed by atoms with Crippen LogP contribution in [0.5, 0.6) is 0 Å². The van der Waals surface area contributed by atoms with Crippen molar-refractivity contribution < 1.29 is 9.90 Å². The van der Waals surface area contributed by atoms with Crippen LogP contribution in [-0.2, 0) is 4.79 Å². The minimum Gasteiger partial charge on any atom is -0.392 e. The van der Waals surface area contributed by atoms with Crippen LogP contribution in [0.4, 0.5) is 5.82 Å². The predicted octanol–water partition coefficient (Wildman–Crippen LogP) is 0.858. The Hall–Kier alpha value is -1.40. The Morgan fingerprint density at radius 1 is 1.53 bits per heavy atom. The molecule has 0 radical (unpaired) electrons. The average Bonchev–Trinajstić information content (AvgIpc) is 2.97. The van der Waals surface area contributed by atoms with Crippen LogP contribution < -0.4 is 5.32 Å². The number of rotatable bonds is 4. The minimum absolute atomic E-state index is 0.0588. The quantitative estimate of drug-likeness (QED) is 0.848. The van der Waals surface area contributed by atoms with E-state index in [0.717, 1.165) is 13.0 Å². The third kappa shape index (κ3) is 3.13. The van der Waals surface area contributed by atoms with Gasteiger partial charge in [-0.25, -0.2) is 4.68 Å². The molecule has 2 atom stereocenters. The number of anilines is 1. The number of hydrogen-bond donors (Lipinski definition) is 2. The van der Waals surface area contributed by atoms with Crippen LogP contribution in [0.3, 0.4) is 0 Å². The number of nitrogens with zero attached hydrogens (tertiary/aromatic N) is 3. The van der Waals surface area contributed by atoms with Crippen LogP contribution in [-0.4, -0.2) is 50.9 Å². The maximum absolute atomic E-state index is 12.2. The molecule has 1 aliphatic rings. The summed E-state index contributed by atoms with van der Waals surface area (Å²) in [7, 11) is 0. The van der Waals surface area contributed by atoms with E-state index < -0.39 is 0 Å². The molecule has 2 heterocycles. The standard InChI is InChI=1S/C13H22N4O2/c1-9(2)17-12(4-6-14-17)15-13(19)10(3)16-7-5-11(18)8-16/h4,6,9-11,18H,5,7-8H2,1-3H3,(H,15,19)/t10?,11-/m0/s1. The number of amides is 1. The van der Waals surface area contributed by atoms with E-state index in [1.165, 1.54) is 0 Å². The molecule has 1 unspecified atom stereocenters. The normalized spacial score (nSPS) is 21.8. The highest BCUT2D eigenvalue weighted by Gasteiger charge is 2.28. The smallest absolute Gasteiger partial charge is 0.242 e. The molecule has 106 valence electrons. The van der Waals surface area contributed by atoms with Crippen molar-refractivity contribution in [3.05, 3.63) is 12.3 Å². The summed E-state index contributed by atoms with van der Waals surface area (Å²) in [6.45, 7) is 7.23. The number of carbonyl (C=O) groups excluding carboxylic acids is 1. The van der Waals surface area contributed by atoms with Gasteiger partial charge in [0.05, 0.1) is 18.3 Å². The Balaban J connectivity index is 1.98. The zero-order valence-electron chi connectivity index (χ0n) is 11.7. The monoisotopic (exact) mass is 266 g/mol. The number of aromatic nitrogens is 2. The number of likely N-dealkylation sites (tertiary alicyclic amines) is 1. The van der Waals surface area contributed by atoms with Crippen molar-refractivity contribution >= 4 is 11.7 Å². The van der Waals surface area contributed by atoms with Gasteiger partial charge in [0.15, 0.2) is 0 Å². The lowest BCUT2D eigenvalue weighted by molar-refractivity contribution is -0.120. The summed E-state index contributed by atoms with van der Waals surface area (Å²) in [5.74, 6) is 0.656. The summed E-state index contributed by atoms with van der Waals surface area (Å²) >= 11 is 0. The Bertz CT molecular complexity index is 444. The van der Waals surface area contributed by atoms with E-state index in [2.05, 4.69) is 10.4 Å². The maximum Gasteiger partial charge on any atom is 0.242 e. The van der Waals surface area contributed by atoms with Gasteiger partial charge in [0.2, 0.25) is 5.91 Å². The first-order valence-electron chi connectivity index (χ1n) is 6.75. The van der Waals surface area contributed by atoms with Crippen molar-refractivity contribution in [1.82, 2.24) is 14.7 Å². The molecular formula is C13H22N4O2. The molecule has 0 bridgehead atoms. The number of β-amino-alcohol motifs (C(OH)–C–C–N with tert-alkyl or cyclic N) is 1. The molecule has 1 aromatic heterocycles. The van der Waals surface area contributed by atoms with Crippen molar-refractivity contribution in [2.45, 2.75) is 45.4 Å². The van der Waals surface area contributed by atoms with E-state index >= 15 is 0 Å². The van der Waals surface area contributed by atoms with Crippen molar-refractivity contribution in [2.24, 2.45) is 0 Å². The SMILES string of the molecule is CC(C(=O)Nc1ccnn1C(C)C)N1CC[C@H](O)C1. The fraction of sp³-hybridized carbons (Fsp3) is 0.692. The van der Waals surface area contributed by atoms with Crippen LogP contribution in [0.1, 0.15) is 33.2 Å². The number of nitrogens with one attached hydrogen (secondary N) is 1. The number of aliphatic hydroxyl groups excluding tert-OH is 1. The molecule has 2 N–H and O–H groups in total. The highest BCUT2D eigenvalue weighted by molar-refractivity contribution is 5.93. The first-order chi connectivity index (χ1) is 8.99. The lowest BCUT2D eigenvalue weighted by Crippen LogP contribution is -2.41. The molecule has 1 aliphatic heterocycles. The zero-order valence-corrected chi connectivity index (χ0v) is 11.7. The molecule has 0 aliphatic carbocycles. The molecule has 1 aromatic rings. The summed E-state index contributed by atoms with van der Waals surface area (Å²) in [4.78, 5) is 14.2. The molecule has 1 amide bonds. The second-order valence-electron chi connectivity index (χ2n) is 5.36. The summed E-state index contributed by atoms with van der Waals surface area (Å²) < 4.78 is 1.78. The van der Waals surface area contributed by atoms with E-state index in [9.17, 15) is 9.90 Å². The van der Waals surface area contributed by atoms with Gasteiger partial charge in [0, 0.05) is 25.2 Å². The van der Waals surface area contributed by atoms with Crippen molar-refractivity contribution in [2.75, 3.05) is 18.4 Å². The second kappa shape index (κ2) is 5.71. The Kier molecular flexibility index (Phi) is 4.21. The molecular weight excluding hydrogens is 244 g/mol. The summed E-state index contributed by atoms with van der Waals surface area (Å²) in [5.41, 5.74) is 0. The van der Waals surface area contributed by atoms with Gasteiger partial charge in [-0.1, -0.05) is 0 Å². The van der Waals surface area contributed by atoms with E-state index in [1.807, 2.05) is 25.7 Å². The van der Waals surface area contributed by atoms with Gasteiger partial charge >= 0.3 is 0 Å². The molecule has 19 heavy (non-hydrogen) atoms. The predicted molar refractivity (Wildman–Crippen MR) is 72.9 cm³/mol. The van der Waals surface area contributed by atoms with Crippen LogP contribution in [0, 0.1) is 0 Å². The second-order valence-corrected chi connectivity index (χ2v) is 5.36. The average molecular weight is 266 g/mol. The van der Waals surface area contributed by atoms with Gasteiger partial charge < -0.3 is 10.4 Å². The van der Waals surface area contributed by atoms with Gasteiger partial charge in [-0.2, -0.15) is 5.10 Å². The lowest BCUT2D eigenvalue weighted by atomic mass is 10.2. The fourth-order valence-electron chi connectivity index (χ4n) is 2.34. The lowest BCUT2D eigenvalue weighted by Gasteiger charge is -2.23. The van der Waals surface area contributed by atoms with Gasteiger partial charge in [-0.05, 0) is 27.2 Å². The molecule has 0 spiro atoms. The molecule has 1 fully saturated rings.